The van der Waals surface area contributed by atoms with Crippen molar-refractivity contribution in [2.45, 2.75) is 32.0 Å². The molecule has 0 spiro atoms. The van der Waals surface area contributed by atoms with Gasteiger partial charge in [0.1, 0.15) is 5.82 Å². The van der Waals surface area contributed by atoms with Crippen molar-refractivity contribution in [3.05, 3.63) is 54.1 Å². The molecule has 1 unspecified atom stereocenters. The summed E-state index contributed by atoms with van der Waals surface area (Å²) < 4.78 is 2.24. The molecule has 0 radical (unpaired) electrons. The van der Waals surface area contributed by atoms with E-state index in [1.807, 2.05) is 6.20 Å². The number of aromatic nitrogens is 2. The van der Waals surface area contributed by atoms with Gasteiger partial charge in [-0.25, -0.2) is 4.98 Å². The monoisotopic (exact) mass is 347 g/mol. The molecule has 1 aromatic heterocycles. The van der Waals surface area contributed by atoms with Crippen LogP contribution in [0.25, 0.3) is 0 Å². The van der Waals surface area contributed by atoms with E-state index in [0.717, 1.165) is 18.8 Å². The Balaban J connectivity index is 1.67. The third-order valence-corrected chi connectivity index (χ3v) is 6.75. The molecular weight excluding hydrogens is 322 g/mol. The maximum Gasteiger partial charge on any atom is 0.105 e. The molecule has 1 N–H and O–H groups in total. The Labute approximate surface area is 147 Å². The first kappa shape index (κ1) is 16.9. The van der Waals surface area contributed by atoms with Gasteiger partial charge in [-0.2, -0.15) is 23.5 Å². The quantitative estimate of drug-likeness (QED) is 0.862. The number of hydrogen-bond acceptors (Lipinski definition) is 4. The highest BCUT2D eigenvalue weighted by atomic mass is 32.2. The van der Waals surface area contributed by atoms with E-state index in [-0.39, 0.29) is 0 Å². The van der Waals surface area contributed by atoms with Gasteiger partial charge in [0.25, 0.3) is 0 Å². The van der Waals surface area contributed by atoms with Gasteiger partial charge in [0.05, 0.1) is 0 Å². The van der Waals surface area contributed by atoms with Gasteiger partial charge >= 0.3 is 0 Å². The predicted molar refractivity (Wildman–Crippen MR) is 102 cm³/mol. The first-order valence-electron chi connectivity index (χ1n) is 8.27. The second kappa shape index (κ2) is 8.81. The summed E-state index contributed by atoms with van der Waals surface area (Å²) in [5, 5.41) is 3.92. The Bertz CT molecular complexity index is 577. The summed E-state index contributed by atoms with van der Waals surface area (Å²) >= 11 is 4.16. The van der Waals surface area contributed by atoms with Crippen molar-refractivity contribution < 1.29 is 0 Å². The number of nitrogens with zero attached hydrogens (tertiary/aromatic N) is 2. The van der Waals surface area contributed by atoms with Crippen molar-refractivity contribution >= 4 is 23.5 Å². The standard InChI is InChI=1S/C18H25N3S2/c1-15-19-8-10-21(15)9-7-18(16-5-3-2-4-6-16)20-17-13-22-11-12-23-14-17/h2-6,8,10,17-18,20H,7,9,11-14H2,1H3. The number of benzene rings is 1. The Morgan fingerprint density at radius 3 is 2.61 bits per heavy atom. The molecule has 1 fully saturated rings. The molecule has 0 bridgehead atoms. The van der Waals surface area contributed by atoms with Crippen LogP contribution in [-0.2, 0) is 6.54 Å². The SMILES string of the molecule is Cc1nccn1CCC(NC1CSCCSC1)c1ccccc1. The number of hydrogen-bond donors (Lipinski definition) is 1. The number of nitrogens with one attached hydrogen (secondary N) is 1. The second-order valence-electron chi connectivity index (χ2n) is 5.93. The maximum atomic E-state index is 4.33. The van der Waals surface area contributed by atoms with E-state index >= 15 is 0 Å². The predicted octanol–water partition coefficient (Wildman–Crippen LogP) is 3.76. The van der Waals surface area contributed by atoms with Crippen LogP contribution in [0.5, 0.6) is 0 Å². The molecular formula is C18H25N3S2. The molecule has 3 nitrogen and oxygen atoms in total. The number of rotatable bonds is 6. The zero-order valence-electron chi connectivity index (χ0n) is 13.6. The fraction of sp³-hybridized carbons (Fsp3) is 0.500. The van der Waals surface area contributed by atoms with E-state index in [1.54, 1.807) is 0 Å². The van der Waals surface area contributed by atoms with E-state index in [4.69, 9.17) is 0 Å². The van der Waals surface area contributed by atoms with Crippen LogP contribution in [0.15, 0.2) is 42.7 Å². The zero-order valence-corrected chi connectivity index (χ0v) is 15.3. The summed E-state index contributed by atoms with van der Waals surface area (Å²) in [6.45, 7) is 3.08. The third kappa shape index (κ3) is 5.03. The lowest BCUT2D eigenvalue weighted by Crippen LogP contribution is -2.37. The highest BCUT2D eigenvalue weighted by Crippen LogP contribution is 2.23. The van der Waals surface area contributed by atoms with Gasteiger partial charge in [-0.1, -0.05) is 30.3 Å². The van der Waals surface area contributed by atoms with Crippen LogP contribution in [0.1, 0.15) is 23.9 Å². The summed E-state index contributed by atoms with van der Waals surface area (Å²) in [6, 6.07) is 11.9. The first-order chi connectivity index (χ1) is 11.3. The molecule has 0 saturated carbocycles. The minimum absolute atomic E-state index is 0.405. The highest BCUT2D eigenvalue weighted by Gasteiger charge is 2.19. The second-order valence-corrected chi connectivity index (χ2v) is 8.23. The van der Waals surface area contributed by atoms with Gasteiger partial charge in [0, 0.05) is 54.0 Å². The molecule has 1 aromatic carbocycles. The fourth-order valence-electron chi connectivity index (χ4n) is 2.94. The van der Waals surface area contributed by atoms with E-state index in [1.165, 1.54) is 28.6 Å². The van der Waals surface area contributed by atoms with E-state index in [2.05, 4.69) is 81.8 Å². The summed E-state index contributed by atoms with van der Waals surface area (Å²) in [6.07, 6.45) is 5.06. The van der Waals surface area contributed by atoms with Crippen molar-refractivity contribution in [3.63, 3.8) is 0 Å². The minimum atomic E-state index is 0.405. The molecule has 1 aliphatic heterocycles. The molecule has 1 saturated heterocycles. The summed E-state index contributed by atoms with van der Waals surface area (Å²) in [4.78, 5) is 4.33. The molecule has 124 valence electrons. The van der Waals surface area contributed by atoms with Gasteiger partial charge in [-0.3, -0.25) is 0 Å². The normalized spacial score (nSPS) is 17.8. The third-order valence-electron chi connectivity index (χ3n) is 4.23. The average molecular weight is 348 g/mol. The summed E-state index contributed by atoms with van der Waals surface area (Å²) in [7, 11) is 0. The van der Waals surface area contributed by atoms with Crippen molar-refractivity contribution in [2.75, 3.05) is 23.0 Å². The maximum absolute atomic E-state index is 4.33. The summed E-state index contributed by atoms with van der Waals surface area (Å²) in [5.41, 5.74) is 1.39. The van der Waals surface area contributed by atoms with Crippen molar-refractivity contribution in [1.29, 1.82) is 0 Å². The van der Waals surface area contributed by atoms with E-state index in [0.29, 0.717) is 12.1 Å². The largest absolute Gasteiger partial charge is 0.335 e. The van der Waals surface area contributed by atoms with Gasteiger partial charge in [0.15, 0.2) is 0 Å². The lowest BCUT2D eigenvalue weighted by atomic mass is 10.0. The van der Waals surface area contributed by atoms with Crippen LogP contribution in [0.2, 0.25) is 0 Å². The highest BCUT2D eigenvalue weighted by molar-refractivity contribution is 8.03. The Kier molecular flexibility index (Phi) is 6.48. The van der Waals surface area contributed by atoms with Crippen molar-refractivity contribution in [1.82, 2.24) is 14.9 Å². The van der Waals surface area contributed by atoms with Crippen LogP contribution >= 0.6 is 23.5 Å². The molecule has 1 aliphatic rings. The Morgan fingerprint density at radius 2 is 1.96 bits per heavy atom. The number of aryl methyl sites for hydroxylation is 2. The van der Waals surface area contributed by atoms with E-state index in [9.17, 15) is 0 Å². The Hall–Kier alpha value is -0.910. The van der Waals surface area contributed by atoms with Crippen molar-refractivity contribution in [3.8, 4) is 0 Å². The van der Waals surface area contributed by atoms with E-state index < -0.39 is 0 Å². The van der Waals surface area contributed by atoms with Gasteiger partial charge in [-0.05, 0) is 18.9 Å². The molecule has 23 heavy (non-hydrogen) atoms. The summed E-state index contributed by atoms with van der Waals surface area (Å²) in [5.74, 6) is 6.11. The molecule has 0 amide bonds. The van der Waals surface area contributed by atoms with Crippen molar-refractivity contribution in [2.24, 2.45) is 0 Å². The zero-order chi connectivity index (χ0) is 15.9. The Morgan fingerprint density at radius 1 is 1.22 bits per heavy atom. The van der Waals surface area contributed by atoms with Gasteiger partial charge in [0.2, 0.25) is 0 Å². The first-order valence-corrected chi connectivity index (χ1v) is 10.6. The molecule has 1 atom stereocenters. The minimum Gasteiger partial charge on any atom is -0.335 e. The molecule has 2 heterocycles. The number of thioether (sulfide) groups is 2. The smallest absolute Gasteiger partial charge is 0.105 e. The number of imidazole rings is 1. The van der Waals surface area contributed by atoms with Crippen LogP contribution in [0.4, 0.5) is 0 Å². The topological polar surface area (TPSA) is 29.9 Å². The molecule has 3 rings (SSSR count). The fourth-order valence-corrected chi connectivity index (χ4v) is 5.36. The molecule has 5 heteroatoms. The van der Waals surface area contributed by atoms with Gasteiger partial charge < -0.3 is 9.88 Å². The van der Waals surface area contributed by atoms with Crippen LogP contribution < -0.4 is 5.32 Å². The lowest BCUT2D eigenvalue weighted by Gasteiger charge is -2.25. The molecule has 0 aliphatic carbocycles. The van der Waals surface area contributed by atoms with Crippen LogP contribution in [0, 0.1) is 6.92 Å². The van der Waals surface area contributed by atoms with Gasteiger partial charge in [-0.15, -0.1) is 0 Å². The van der Waals surface area contributed by atoms with Crippen LogP contribution in [0.3, 0.4) is 0 Å². The lowest BCUT2D eigenvalue weighted by molar-refractivity contribution is 0.431. The average Bonchev–Trinajstić information content (AvgIpc) is 2.83. The molecule has 2 aromatic rings. The van der Waals surface area contributed by atoms with Crippen LogP contribution in [-0.4, -0.2) is 38.6 Å².